The highest BCUT2D eigenvalue weighted by Gasteiger charge is 2.43. The van der Waals surface area contributed by atoms with Crippen molar-refractivity contribution in [3.05, 3.63) is 12.7 Å². The first-order chi connectivity index (χ1) is 6.78. The zero-order chi connectivity index (χ0) is 11.7. The summed E-state index contributed by atoms with van der Waals surface area (Å²) >= 11 is 0. The van der Waals surface area contributed by atoms with Crippen LogP contribution in [0.4, 0.5) is 0 Å². The van der Waals surface area contributed by atoms with Crippen LogP contribution >= 0.6 is 0 Å². The van der Waals surface area contributed by atoms with E-state index in [4.69, 9.17) is 9.16 Å². The first-order valence-corrected chi connectivity index (χ1v) is 8.59. The molecule has 0 N–H and O–H groups in total. The van der Waals surface area contributed by atoms with Crippen LogP contribution in [0.3, 0.4) is 0 Å². The van der Waals surface area contributed by atoms with Gasteiger partial charge in [0.05, 0.1) is 12.7 Å². The first-order valence-electron chi connectivity index (χ1n) is 5.68. The lowest BCUT2D eigenvalue weighted by atomic mass is 10.2. The van der Waals surface area contributed by atoms with Gasteiger partial charge in [-0.15, -0.1) is 6.58 Å². The van der Waals surface area contributed by atoms with Crippen LogP contribution in [0.2, 0.25) is 18.1 Å². The predicted octanol–water partition coefficient (Wildman–Crippen LogP) is 3.35. The lowest BCUT2D eigenvalue weighted by Gasteiger charge is -2.38. The SMILES string of the molecule is C=CC[C@H](O[Si](C)(C)C(C)(C)C)C1CO1. The Morgan fingerprint density at radius 1 is 1.53 bits per heavy atom. The Morgan fingerprint density at radius 2 is 2.07 bits per heavy atom. The second-order valence-electron chi connectivity index (χ2n) is 5.81. The van der Waals surface area contributed by atoms with Crippen molar-refractivity contribution in [1.29, 1.82) is 0 Å². The lowest BCUT2D eigenvalue weighted by Crippen LogP contribution is -2.45. The van der Waals surface area contributed by atoms with Crippen molar-refractivity contribution in [2.75, 3.05) is 6.61 Å². The molecule has 15 heavy (non-hydrogen) atoms. The number of ether oxygens (including phenoxy) is 1. The van der Waals surface area contributed by atoms with Gasteiger partial charge in [0, 0.05) is 0 Å². The van der Waals surface area contributed by atoms with E-state index in [1.807, 2.05) is 6.08 Å². The molecule has 0 radical (unpaired) electrons. The topological polar surface area (TPSA) is 21.8 Å². The van der Waals surface area contributed by atoms with Gasteiger partial charge in [0.1, 0.15) is 6.10 Å². The lowest BCUT2D eigenvalue weighted by molar-refractivity contribution is 0.145. The zero-order valence-corrected chi connectivity index (χ0v) is 11.7. The minimum Gasteiger partial charge on any atom is -0.411 e. The third-order valence-electron chi connectivity index (χ3n) is 3.42. The van der Waals surface area contributed by atoms with Gasteiger partial charge in [0.15, 0.2) is 8.32 Å². The molecule has 0 saturated carbocycles. The smallest absolute Gasteiger partial charge is 0.192 e. The van der Waals surface area contributed by atoms with Crippen molar-refractivity contribution in [2.24, 2.45) is 0 Å². The van der Waals surface area contributed by atoms with Crippen LogP contribution in [0.1, 0.15) is 27.2 Å². The van der Waals surface area contributed by atoms with Crippen LogP contribution in [0.25, 0.3) is 0 Å². The summed E-state index contributed by atoms with van der Waals surface area (Å²) in [5.74, 6) is 0. The van der Waals surface area contributed by atoms with Crippen LogP contribution in [0, 0.1) is 0 Å². The third kappa shape index (κ3) is 3.43. The van der Waals surface area contributed by atoms with Crippen LogP contribution < -0.4 is 0 Å². The normalized spacial score (nSPS) is 23.7. The Balaban J connectivity index is 2.59. The summed E-state index contributed by atoms with van der Waals surface area (Å²) in [6.07, 6.45) is 3.37. The Labute approximate surface area is 94.8 Å². The number of rotatable bonds is 5. The van der Waals surface area contributed by atoms with Crippen molar-refractivity contribution in [1.82, 2.24) is 0 Å². The Kier molecular flexibility index (Phi) is 3.79. The molecule has 1 fully saturated rings. The molecule has 0 aromatic carbocycles. The molecule has 88 valence electrons. The van der Waals surface area contributed by atoms with Gasteiger partial charge in [-0.2, -0.15) is 0 Å². The van der Waals surface area contributed by atoms with Crippen molar-refractivity contribution >= 4 is 8.32 Å². The first kappa shape index (κ1) is 12.9. The highest BCUT2D eigenvalue weighted by Crippen LogP contribution is 2.39. The fraction of sp³-hybridized carbons (Fsp3) is 0.833. The van der Waals surface area contributed by atoms with Crippen molar-refractivity contribution in [3.8, 4) is 0 Å². The number of hydrogen-bond acceptors (Lipinski definition) is 2. The second-order valence-corrected chi connectivity index (χ2v) is 10.6. The third-order valence-corrected chi connectivity index (χ3v) is 7.93. The summed E-state index contributed by atoms with van der Waals surface area (Å²) in [6, 6.07) is 0. The van der Waals surface area contributed by atoms with E-state index in [0.29, 0.717) is 6.10 Å². The Bertz CT molecular complexity index is 226. The van der Waals surface area contributed by atoms with Gasteiger partial charge in [-0.05, 0) is 24.6 Å². The molecule has 2 nitrogen and oxygen atoms in total. The highest BCUT2D eigenvalue weighted by atomic mass is 28.4. The maximum absolute atomic E-state index is 6.31. The van der Waals surface area contributed by atoms with Gasteiger partial charge in [0.2, 0.25) is 0 Å². The standard InChI is InChI=1S/C12H24O2Si/c1-7-8-10(11-9-13-11)14-15(5,6)12(2,3)4/h7,10-11H,1,8-9H2,2-6H3/t10-,11?/m0/s1. The molecular weight excluding hydrogens is 204 g/mol. The molecule has 0 bridgehead atoms. The Morgan fingerprint density at radius 3 is 2.40 bits per heavy atom. The number of epoxide rings is 1. The van der Waals surface area contributed by atoms with Crippen LogP contribution in [0.15, 0.2) is 12.7 Å². The molecule has 0 aromatic heterocycles. The monoisotopic (exact) mass is 228 g/mol. The van der Waals surface area contributed by atoms with E-state index in [0.717, 1.165) is 13.0 Å². The quantitative estimate of drug-likeness (QED) is 0.409. The number of hydrogen-bond donors (Lipinski definition) is 0. The van der Waals surface area contributed by atoms with E-state index in [2.05, 4.69) is 40.4 Å². The van der Waals surface area contributed by atoms with Gasteiger partial charge >= 0.3 is 0 Å². The van der Waals surface area contributed by atoms with Gasteiger partial charge in [-0.25, -0.2) is 0 Å². The van der Waals surface area contributed by atoms with E-state index in [9.17, 15) is 0 Å². The van der Waals surface area contributed by atoms with Gasteiger partial charge in [-0.1, -0.05) is 26.8 Å². The van der Waals surface area contributed by atoms with E-state index in [1.165, 1.54) is 0 Å². The van der Waals surface area contributed by atoms with Gasteiger partial charge in [0.25, 0.3) is 0 Å². The van der Waals surface area contributed by atoms with Gasteiger partial charge in [-0.3, -0.25) is 0 Å². The maximum atomic E-state index is 6.31. The molecule has 1 heterocycles. The maximum Gasteiger partial charge on any atom is 0.192 e. The summed E-state index contributed by atoms with van der Waals surface area (Å²) in [6.45, 7) is 16.0. The van der Waals surface area contributed by atoms with E-state index >= 15 is 0 Å². The molecule has 1 aliphatic rings. The van der Waals surface area contributed by atoms with Crippen molar-refractivity contribution < 1.29 is 9.16 Å². The summed E-state index contributed by atoms with van der Waals surface area (Å²) in [5, 5.41) is 0.265. The molecule has 0 aromatic rings. The largest absolute Gasteiger partial charge is 0.411 e. The fourth-order valence-corrected chi connectivity index (χ4v) is 2.62. The molecule has 0 spiro atoms. The zero-order valence-electron chi connectivity index (χ0n) is 10.7. The molecule has 1 rings (SSSR count). The van der Waals surface area contributed by atoms with E-state index in [1.54, 1.807) is 0 Å². The minimum absolute atomic E-state index is 0.225. The minimum atomic E-state index is -1.66. The molecule has 0 amide bonds. The summed E-state index contributed by atoms with van der Waals surface area (Å²) in [7, 11) is -1.66. The predicted molar refractivity (Wildman–Crippen MR) is 66.6 cm³/mol. The molecule has 0 aliphatic carbocycles. The van der Waals surface area contributed by atoms with E-state index in [-0.39, 0.29) is 11.1 Å². The van der Waals surface area contributed by atoms with Crippen LogP contribution in [0.5, 0.6) is 0 Å². The molecular formula is C12H24O2Si. The average molecular weight is 228 g/mol. The molecule has 1 saturated heterocycles. The summed E-state index contributed by atoms with van der Waals surface area (Å²) in [4.78, 5) is 0. The highest BCUT2D eigenvalue weighted by molar-refractivity contribution is 6.74. The molecule has 1 aliphatic heterocycles. The summed E-state index contributed by atoms with van der Waals surface area (Å²) < 4.78 is 11.6. The molecule has 2 atom stereocenters. The average Bonchev–Trinajstić information content (AvgIpc) is 2.82. The Hall–Kier alpha value is -0.123. The van der Waals surface area contributed by atoms with Crippen molar-refractivity contribution in [2.45, 2.75) is 57.5 Å². The second kappa shape index (κ2) is 4.40. The van der Waals surface area contributed by atoms with Crippen LogP contribution in [-0.2, 0) is 9.16 Å². The fourth-order valence-electron chi connectivity index (χ4n) is 1.27. The van der Waals surface area contributed by atoms with Gasteiger partial charge < -0.3 is 9.16 Å². The molecule has 1 unspecified atom stereocenters. The van der Waals surface area contributed by atoms with Crippen LogP contribution in [-0.4, -0.2) is 27.1 Å². The van der Waals surface area contributed by atoms with Crippen molar-refractivity contribution in [3.63, 3.8) is 0 Å². The molecule has 3 heteroatoms. The summed E-state index contributed by atoms with van der Waals surface area (Å²) in [5.41, 5.74) is 0. The van der Waals surface area contributed by atoms with E-state index < -0.39 is 8.32 Å².